The zero-order valence-corrected chi connectivity index (χ0v) is 18.2. The lowest BCUT2D eigenvalue weighted by molar-refractivity contribution is 0.420. The molecule has 5 rings (SSSR count). The molecule has 2 N–H and O–H groups in total. The molecule has 0 bridgehead atoms. The van der Waals surface area contributed by atoms with E-state index in [0.29, 0.717) is 23.4 Å². The summed E-state index contributed by atoms with van der Waals surface area (Å²) in [6, 6.07) is 23.0. The molecule has 0 atom stereocenters. The van der Waals surface area contributed by atoms with Crippen molar-refractivity contribution in [2.24, 2.45) is 0 Å². The second-order valence-corrected chi connectivity index (χ2v) is 8.10. The van der Waals surface area contributed by atoms with Gasteiger partial charge in [0.05, 0.1) is 29.6 Å². The summed E-state index contributed by atoms with van der Waals surface area (Å²) in [5.74, 6) is 1.82. The van der Waals surface area contributed by atoms with Gasteiger partial charge in [0, 0.05) is 5.56 Å². The molecule has 2 aromatic carbocycles. The van der Waals surface area contributed by atoms with Crippen LogP contribution in [-0.2, 0) is 6.54 Å². The molecule has 0 aliphatic rings. The lowest BCUT2D eigenvalue weighted by Crippen LogP contribution is -2.04. The van der Waals surface area contributed by atoms with Crippen LogP contribution in [-0.4, -0.2) is 35.6 Å². The molecule has 5 aromatic rings. The number of thioether (sulfide) groups is 1. The van der Waals surface area contributed by atoms with Crippen molar-refractivity contribution in [3.8, 4) is 17.5 Å². The highest BCUT2D eigenvalue weighted by Crippen LogP contribution is 2.28. The molecule has 0 aliphatic carbocycles. The highest BCUT2D eigenvalue weighted by molar-refractivity contribution is 7.99. The van der Waals surface area contributed by atoms with Crippen LogP contribution in [0, 0.1) is 11.3 Å². The Hall–Kier alpha value is -4.29. The van der Waals surface area contributed by atoms with Crippen molar-refractivity contribution in [1.82, 2.24) is 24.7 Å². The topological polar surface area (TPSA) is 117 Å². The Labute approximate surface area is 193 Å². The molecule has 162 valence electrons. The van der Waals surface area contributed by atoms with Gasteiger partial charge in [-0.15, -0.1) is 10.2 Å². The Bertz CT molecular complexity index is 1430. The maximum atomic E-state index is 10.7. The molecule has 33 heavy (non-hydrogen) atoms. The van der Waals surface area contributed by atoms with Crippen LogP contribution in [0.15, 0.2) is 88.3 Å². The fourth-order valence-electron chi connectivity index (χ4n) is 3.43. The van der Waals surface area contributed by atoms with Gasteiger partial charge in [-0.2, -0.15) is 5.26 Å². The van der Waals surface area contributed by atoms with Crippen molar-refractivity contribution in [2.45, 2.75) is 11.7 Å². The number of para-hydroxylation sites is 2. The third-order valence-corrected chi connectivity index (χ3v) is 5.99. The molecule has 0 saturated heterocycles. The molecular weight excluding hydrogens is 436 g/mol. The first-order chi connectivity index (χ1) is 16.2. The van der Waals surface area contributed by atoms with Gasteiger partial charge >= 0.3 is 0 Å². The average molecular weight is 455 g/mol. The smallest absolute Gasteiger partial charge is 0.192 e. The van der Waals surface area contributed by atoms with Gasteiger partial charge in [0.2, 0.25) is 0 Å². The monoisotopic (exact) mass is 454 g/mol. The summed E-state index contributed by atoms with van der Waals surface area (Å²) >= 11 is 1.28. The molecule has 9 heteroatoms. The van der Waals surface area contributed by atoms with Gasteiger partial charge in [-0.3, -0.25) is 4.57 Å². The number of aromatic amines is 1. The molecular formula is C24H18N6O2S. The maximum Gasteiger partial charge on any atom is 0.192 e. The van der Waals surface area contributed by atoms with Crippen LogP contribution in [0.4, 0.5) is 0 Å². The van der Waals surface area contributed by atoms with Gasteiger partial charge in [0.1, 0.15) is 23.2 Å². The summed E-state index contributed by atoms with van der Waals surface area (Å²) in [4.78, 5) is 7.51. The van der Waals surface area contributed by atoms with E-state index in [4.69, 9.17) is 4.42 Å². The minimum Gasteiger partial charge on any atom is -0.510 e. The Morgan fingerprint density at radius 2 is 1.88 bits per heavy atom. The zero-order chi connectivity index (χ0) is 22.6. The number of hydrogen-bond acceptors (Lipinski definition) is 7. The molecule has 0 amide bonds. The number of nitriles is 1. The number of nitrogens with zero attached hydrogens (tertiary/aromatic N) is 5. The number of hydrogen-bond donors (Lipinski definition) is 2. The number of aliphatic hydroxyl groups is 1. The van der Waals surface area contributed by atoms with E-state index in [1.165, 1.54) is 11.8 Å². The molecule has 0 unspecified atom stereocenters. The molecule has 3 aromatic heterocycles. The summed E-state index contributed by atoms with van der Waals surface area (Å²) in [6.45, 7) is 0.436. The highest BCUT2D eigenvalue weighted by atomic mass is 32.2. The number of furan rings is 1. The number of H-pyrrole nitrogens is 1. The van der Waals surface area contributed by atoms with Gasteiger partial charge in [0.15, 0.2) is 16.8 Å². The number of fused-ring (bicyclic) bond motifs is 1. The molecule has 0 saturated carbocycles. The van der Waals surface area contributed by atoms with E-state index in [1.807, 2.05) is 71.3 Å². The Morgan fingerprint density at radius 3 is 2.64 bits per heavy atom. The van der Waals surface area contributed by atoms with Gasteiger partial charge in [0.25, 0.3) is 0 Å². The fourth-order valence-corrected chi connectivity index (χ4v) is 4.24. The van der Waals surface area contributed by atoms with Gasteiger partial charge in [-0.25, -0.2) is 4.98 Å². The molecule has 8 nitrogen and oxygen atoms in total. The SMILES string of the molecule is N#C/C(=C(/O)CSc1nnc(-c2ccccc2)n1Cc1ccco1)c1nc2ccccc2[nH]1. The third kappa shape index (κ3) is 4.24. The van der Waals surface area contributed by atoms with Gasteiger partial charge in [-0.05, 0) is 24.3 Å². The Balaban J connectivity index is 1.44. The normalized spacial score (nSPS) is 12.0. The van der Waals surface area contributed by atoms with Crippen LogP contribution < -0.4 is 0 Å². The van der Waals surface area contributed by atoms with Crippen molar-refractivity contribution in [2.75, 3.05) is 5.75 Å². The largest absolute Gasteiger partial charge is 0.510 e. The second kappa shape index (κ2) is 9.06. The van der Waals surface area contributed by atoms with Crippen LogP contribution in [0.1, 0.15) is 11.6 Å². The van der Waals surface area contributed by atoms with Crippen molar-refractivity contribution < 1.29 is 9.52 Å². The average Bonchev–Trinajstić information content (AvgIpc) is 3.59. The second-order valence-electron chi connectivity index (χ2n) is 7.16. The molecule has 0 radical (unpaired) electrons. The standard InChI is InChI=1S/C24H18N6O2S/c25-13-18(22-26-19-10-4-5-11-20(19)27-22)21(31)15-33-24-29-28-23(16-7-2-1-3-8-16)30(24)14-17-9-6-12-32-17/h1-12,31H,14-15H2,(H,26,27)/b21-18-. The van der Waals surface area contributed by atoms with E-state index < -0.39 is 0 Å². The predicted octanol–water partition coefficient (Wildman–Crippen LogP) is 5.05. The summed E-state index contributed by atoms with van der Waals surface area (Å²) in [5.41, 5.74) is 2.54. The quantitative estimate of drug-likeness (QED) is 0.201. The summed E-state index contributed by atoms with van der Waals surface area (Å²) < 4.78 is 7.45. The van der Waals surface area contributed by atoms with Crippen LogP contribution in [0.25, 0.3) is 28.0 Å². The fraction of sp³-hybridized carbons (Fsp3) is 0.0833. The summed E-state index contributed by atoms with van der Waals surface area (Å²) in [5, 5.41) is 29.7. The van der Waals surface area contributed by atoms with Crippen molar-refractivity contribution in [3.05, 3.63) is 90.3 Å². The zero-order valence-electron chi connectivity index (χ0n) is 17.3. The number of imidazole rings is 1. The third-order valence-electron chi connectivity index (χ3n) is 5.01. The molecule has 3 heterocycles. The number of allylic oxidation sites excluding steroid dienone is 1. The number of benzene rings is 2. The van der Waals surface area contributed by atoms with E-state index in [2.05, 4.69) is 26.2 Å². The first-order valence-electron chi connectivity index (χ1n) is 10.1. The lowest BCUT2D eigenvalue weighted by Gasteiger charge is -2.09. The summed E-state index contributed by atoms with van der Waals surface area (Å²) in [6.07, 6.45) is 1.62. The number of aliphatic hydroxyl groups excluding tert-OH is 1. The lowest BCUT2D eigenvalue weighted by atomic mass is 10.2. The molecule has 0 spiro atoms. The van der Waals surface area contributed by atoms with E-state index in [0.717, 1.165) is 22.4 Å². The van der Waals surface area contributed by atoms with Gasteiger partial charge in [-0.1, -0.05) is 54.2 Å². The molecule has 0 aliphatic heterocycles. The van der Waals surface area contributed by atoms with Crippen LogP contribution in [0.2, 0.25) is 0 Å². The van der Waals surface area contributed by atoms with E-state index >= 15 is 0 Å². The van der Waals surface area contributed by atoms with Crippen LogP contribution in [0.5, 0.6) is 0 Å². The van der Waals surface area contributed by atoms with Crippen LogP contribution in [0.3, 0.4) is 0 Å². The minimum atomic E-state index is -0.0876. The summed E-state index contributed by atoms with van der Waals surface area (Å²) in [7, 11) is 0. The van der Waals surface area contributed by atoms with Crippen molar-refractivity contribution >= 4 is 28.4 Å². The molecule has 0 fully saturated rings. The van der Waals surface area contributed by atoms with E-state index in [1.54, 1.807) is 6.26 Å². The van der Waals surface area contributed by atoms with E-state index in [9.17, 15) is 10.4 Å². The first kappa shape index (κ1) is 20.6. The Morgan fingerprint density at radius 1 is 1.06 bits per heavy atom. The number of rotatable bonds is 7. The number of aromatic nitrogens is 5. The van der Waals surface area contributed by atoms with Gasteiger partial charge < -0.3 is 14.5 Å². The van der Waals surface area contributed by atoms with Crippen molar-refractivity contribution in [1.29, 1.82) is 5.26 Å². The predicted molar refractivity (Wildman–Crippen MR) is 125 cm³/mol. The van der Waals surface area contributed by atoms with Crippen LogP contribution >= 0.6 is 11.8 Å². The maximum absolute atomic E-state index is 10.7. The number of nitrogens with one attached hydrogen (secondary N) is 1. The highest BCUT2D eigenvalue weighted by Gasteiger charge is 2.18. The first-order valence-corrected chi connectivity index (χ1v) is 11.1. The van der Waals surface area contributed by atoms with Crippen molar-refractivity contribution in [3.63, 3.8) is 0 Å². The van der Waals surface area contributed by atoms with E-state index in [-0.39, 0.29) is 17.1 Å². The minimum absolute atomic E-state index is 0.0876. The Kier molecular flexibility index (Phi) is 5.66.